The maximum absolute atomic E-state index is 12.8. The lowest BCUT2D eigenvalue weighted by molar-refractivity contribution is -0.123. The van der Waals surface area contributed by atoms with Crippen LogP contribution in [0.2, 0.25) is 0 Å². The van der Waals surface area contributed by atoms with E-state index in [9.17, 15) is 4.79 Å². The number of fused-ring (bicyclic) bond motifs is 1. The van der Waals surface area contributed by atoms with E-state index in [1.807, 2.05) is 25.4 Å². The van der Waals surface area contributed by atoms with Crippen molar-refractivity contribution in [2.45, 2.75) is 38.1 Å². The molecule has 0 saturated heterocycles. The van der Waals surface area contributed by atoms with Crippen LogP contribution in [0.25, 0.3) is 22.2 Å². The molecule has 1 saturated carbocycles. The first-order valence-electron chi connectivity index (χ1n) is 9.80. The molecule has 3 aromatic heterocycles. The van der Waals surface area contributed by atoms with Gasteiger partial charge in [-0.15, -0.1) is 5.10 Å². The summed E-state index contributed by atoms with van der Waals surface area (Å²) in [5.74, 6) is 0.480. The quantitative estimate of drug-likeness (QED) is 0.679. The number of ketones is 1. The molecular formula is C21H26N6O. The predicted octanol–water partition coefficient (Wildman–Crippen LogP) is 2.66. The Morgan fingerprint density at radius 1 is 1.07 bits per heavy atom. The fraction of sp³-hybridized carbons (Fsp3) is 0.476. The Morgan fingerprint density at radius 3 is 2.50 bits per heavy atom. The summed E-state index contributed by atoms with van der Waals surface area (Å²) in [5, 5.41) is 10.1. The van der Waals surface area contributed by atoms with Crippen molar-refractivity contribution in [1.82, 2.24) is 29.9 Å². The molecule has 7 nitrogen and oxygen atoms in total. The second kappa shape index (κ2) is 7.75. The fourth-order valence-corrected chi connectivity index (χ4v) is 4.02. The van der Waals surface area contributed by atoms with E-state index in [0.717, 1.165) is 53.5 Å². The van der Waals surface area contributed by atoms with E-state index in [1.165, 1.54) is 0 Å². The average molecular weight is 378 g/mol. The topological polar surface area (TPSA) is 76.8 Å². The summed E-state index contributed by atoms with van der Waals surface area (Å²) in [6.07, 6.45) is 9.99. The van der Waals surface area contributed by atoms with Crippen molar-refractivity contribution in [3.63, 3.8) is 0 Å². The van der Waals surface area contributed by atoms with Crippen LogP contribution in [0, 0.1) is 5.92 Å². The van der Waals surface area contributed by atoms with Gasteiger partial charge in [-0.3, -0.25) is 19.4 Å². The van der Waals surface area contributed by atoms with Crippen molar-refractivity contribution < 1.29 is 4.79 Å². The van der Waals surface area contributed by atoms with E-state index < -0.39 is 0 Å². The summed E-state index contributed by atoms with van der Waals surface area (Å²) in [5.41, 5.74) is 2.33. The molecule has 1 aliphatic rings. The molecule has 7 heteroatoms. The zero-order valence-electron chi connectivity index (χ0n) is 16.7. The first-order chi connectivity index (χ1) is 13.5. The van der Waals surface area contributed by atoms with Gasteiger partial charge in [0.15, 0.2) is 0 Å². The third kappa shape index (κ3) is 3.94. The maximum atomic E-state index is 12.8. The fourth-order valence-electron chi connectivity index (χ4n) is 4.02. The summed E-state index contributed by atoms with van der Waals surface area (Å²) in [6, 6.07) is 4.59. The molecule has 1 fully saturated rings. The number of hydrogen-bond donors (Lipinski definition) is 0. The van der Waals surface area contributed by atoms with Gasteiger partial charge < -0.3 is 4.90 Å². The largest absolute Gasteiger partial charge is 0.306 e. The minimum absolute atomic E-state index is 0.168. The van der Waals surface area contributed by atoms with Gasteiger partial charge in [0.2, 0.25) is 0 Å². The number of aryl methyl sites for hydroxylation is 1. The van der Waals surface area contributed by atoms with Crippen LogP contribution in [0.3, 0.4) is 0 Å². The van der Waals surface area contributed by atoms with Crippen LogP contribution in [-0.4, -0.2) is 55.8 Å². The summed E-state index contributed by atoms with van der Waals surface area (Å²) in [7, 11) is 6.07. The number of carbonyl (C=O) groups is 1. The van der Waals surface area contributed by atoms with Crippen LogP contribution < -0.4 is 0 Å². The first kappa shape index (κ1) is 18.7. The minimum atomic E-state index is 0.168. The minimum Gasteiger partial charge on any atom is -0.306 e. The summed E-state index contributed by atoms with van der Waals surface area (Å²) in [4.78, 5) is 24.0. The Morgan fingerprint density at radius 2 is 1.82 bits per heavy atom. The molecule has 0 radical (unpaired) electrons. The molecule has 0 unspecified atom stereocenters. The van der Waals surface area contributed by atoms with Crippen LogP contribution in [-0.2, 0) is 18.3 Å². The lowest BCUT2D eigenvalue weighted by Crippen LogP contribution is -2.34. The molecule has 0 bridgehead atoms. The van der Waals surface area contributed by atoms with Gasteiger partial charge in [0.05, 0.1) is 11.9 Å². The molecule has 0 aromatic carbocycles. The van der Waals surface area contributed by atoms with Crippen molar-refractivity contribution in [1.29, 1.82) is 0 Å². The second-order valence-corrected chi connectivity index (χ2v) is 7.98. The number of Topliss-reactive ketones (excluding diaryl/α,β-unsaturated/α-hetero) is 1. The average Bonchev–Trinajstić information content (AvgIpc) is 3.14. The molecule has 1 aliphatic carbocycles. The molecule has 0 N–H and O–H groups in total. The highest BCUT2D eigenvalue weighted by Gasteiger charge is 2.27. The summed E-state index contributed by atoms with van der Waals surface area (Å²) >= 11 is 0. The maximum Gasteiger partial charge on any atom is 0.141 e. The lowest BCUT2D eigenvalue weighted by Gasteiger charge is -2.31. The van der Waals surface area contributed by atoms with E-state index in [-0.39, 0.29) is 5.92 Å². The standard InChI is InChI=1S/C21H26N6O/c1-26(2)18-6-4-14(5-7-18)21(28)10-17-8-15-9-19(20-13-27(3)25-24-20)23-12-16(15)11-22-17/h8-9,11-14,18H,4-7,10H2,1-3H3. The van der Waals surface area contributed by atoms with Crippen LogP contribution in [0.5, 0.6) is 0 Å². The number of aromatic nitrogens is 5. The van der Waals surface area contributed by atoms with E-state index in [1.54, 1.807) is 17.1 Å². The second-order valence-electron chi connectivity index (χ2n) is 7.98. The van der Waals surface area contributed by atoms with Gasteiger partial charge in [0, 0.05) is 48.9 Å². The van der Waals surface area contributed by atoms with E-state index >= 15 is 0 Å². The third-order valence-electron chi connectivity index (χ3n) is 5.76. The molecule has 0 amide bonds. The van der Waals surface area contributed by atoms with Gasteiger partial charge in [-0.2, -0.15) is 0 Å². The van der Waals surface area contributed by atoms with Crippen LogP contribution in [0.1, 0.15) is 31.4 Å². The molecule has 146 valence electrons. The van der Waals surface area contributed by atoms with Crippen molar-refractivity contribution >= 4 is 16.6 Å². The molecule has 3 heterocycles. The molecule has 3 aromatic rings. The zero-order valence-corrected chi connectivity index (χ0v) is 16.7. The molecule has 4 rings (SSSR count). The third-order valence-corrected chi connectivity index (χ3v) is 5.76. The summed E-state index contributed by atoms with van der Waals surface area (Å²) < 4.78 is 1.66. The number of carbonyl (C=O) groups excluding carboxylic acids is 1. The normalized spacial score (nSPS) is 20.0. The van der Waals surface area contributed by atoms with Gasteiger partial charge in [0.25, 0.3) is 0 Å². The Labute approximate surface area is 164 Å². The molecule has 28 heavy (non-hydrogen) atoms. The van der Waals surface area contributed by atoms with E-state index in [2.05, 4.69) is 39.3 Å². The number of rotatable bonds is 5. The number of hydrogen-bond acceptors (Lipinski definition) is 6. The summed E-state index contributed by atoms with van der Waals surface area (Å²) in [6.45, 7) is 0. The van der Waals surface area contributed by atoms with E-state index in [4.69, 9.17) is 0 Å². The van der Waals surface area contributed by atoms with Gasteiger partial charge >= 0.3 is 0 Å². The molecule has 0 spiro atoms. The Kier molecular flexibility index (Phi) is 5.17. The highest BCUT2D eigenvalue weighted by Crippen LogP contribution is 2.28. The van der Waals surface area contributed by atoms with Crippen LogP contribution >= 0.6 is 0 Å². The molecule has 0 aliphatic heterocycles. The van der Waals surface area contributed by atoms with Gasteiger partial charge in [-0.05, 0) is 57.3 Å². The van der Waals surface area contributed by atoms with Crippen molar-refractivity contribution in [2.75, 3.05) is 14.1 Å². The number of pyridine rings is 2. The predicted molar refractivity (Wildman–Crippen MR) is 108 cm³/mol. The Balaban J connectivity index is 1.49. The van der Waals surface area contributed by atoms with Crippen molar-refractivity contribution in [3.8, 4) is 11.4 Å². The Bertz CT molecular complexity index is 987. The number of nitrogens with zero attached hydrogens (tertiary/aromatic N) is 6. The highest BCUT2D eigenvalue weighted by molar-refractivity contribution is 5.87. The van der Waals surface area contributed by atoms with Crippen molar-refractivity contribution in [3.05, 3.63) is 36.4 Å². The highest BCUT2D eigenvalue weighted by atomic mass is 16.1. The zero-order chi connectivity index (χ0) is 19.7. The lowest BCUT2D eigenvalue weighted by atomic mass is 9.82. The SMILES string of the molecule is CN(C)C1CCC(C(=O)Cc2cc3cc(-c4cn(C)nn4)ncc3cn2)CC1. The smallest absolute Gasteiger partial charge is 0.141 e. The first-order valence-corrected chi connectivity index (χ1v) is 9.80. The Hall–Kier alpha value is -2.67. The monoisotopic (exact) mass is 378 g/mol. The van der Waals surface area contributed by atoms with Gasteiger partial charge in [-0.25, -0.2) is 0 Å². The molecular weight excluding hydrogens is 352 g/mol. The van der Waals surface area contributed by atoms with Gasteiger partial charge in [0.1, 0.15) is 11.5 Å². The van der Waals surface area contributed by atoms with Crippen molar-refractivity contribution in [2.24, 2.45) is 13.0 Å². The van der Waals surface area contributed by atoms with Gasteiger partial charge in [-0.1, -0.05) is 5.21 Å². The molecule has 0 atom stereocenters. The van der Waals surface area contributed by atoms with Crippen LogP contribution in [0.4, 0.5) is 0 Å². The van der Waals surface area contributed by atoms with E-state index in [0.29, 0.717) is 18.2 Å². The van der Waals surface area contributed by atoms with Crippen LogP contribution in [0.15, 0.2) is 30.7 Å².